The molecule has 0 bridgehead atoms. The average molecular weight is 282 g/mol. The second-order valence-electron chi connectivity index (χ2n) is 5.44. The zero-order valence-electron chi connectivity index (χ0n) is 11.4. The van der Waals surface area contributed by atoms with Crippen molar-refractivity contribution in [3.8, 4) is 0 Å². The number of likely N-dealkylation sites (N-methyl/N-ethyl adjacent to an activating group) is 1. The highest BCUT2D eigenvalue weighted by Gasteiger charge is 2.41. The molecule has 1 aromatic carbocycles. The van der Waals surface area contributed by atoms with Crippen molar-refractivity contribution in [2.75, 3.05) is 27.2 Å². The Bertz CT molecular complexity index is 490. The van der Waals surface area contributed by atoms with Gasteiger partial charge in [0.15, 0.2) is 0 Å². The molecular formula is C14H20ClN3O. The fraction of sp³-hybridized carbons (Fsp3) is 0.500. The van der Waals surface area contributed by atoms with Crippen LogP contribution in [0.25, 0.3) is 0 Å². The number of primary amides is 1. The summed E-state index contributed by atoms with van der Waals surface area (Å²) in [5, 5.41) is 4.03. The van der Waals surface area contributed by atoms with Crippen LogP contribution < -0.4 is 11.1 Å². The van der Waals surface area contributed by atoms with E-state index < -0.39 is 5.54 Å². The van der Waals surface area contributed by atoms with Crippen molar-refractivity contribution >= 4 is 17.5 Å². The fourth-order valence-electron chi connectivity index (χ4n) is 2.55. The largest absolute Gasteiger partial charge is 0.368 e. The maximum absolute atomic E-state index is 11.9. The number of carbonyl (C=O) groups excluding carboxylic acids is 1. The molecule has 1 aliphatic carbocycles. The first-order chi connectivity index (χ1) is 8.93. The van der Waals surface area contributed by atoms with Gasteiger partial charge in [-0.05, 0) is 37.4 Å². The number of nitrogens with two attached hydrogens (primary N) is 1. The molecular weight excluding hydrogens is 262 g/mol. The van der Waals surface area contributed by atoms with E-state index in [-0.39, 0.29) is 5.91 Å². The molecule has 2 rings (SSSR count). The Morgan fingerprint density at radius 2 is 2.11 bits per heavy atom. The lowest BCUT2D eigenvalue weighted by molar-refractivity contribution is -0.124. The zero-order chi connectivity index (χ0) is 14.0. The van der Waals surface area contributed by atoms with Gasteiger partial charge in [0.2, 0.25) is 5.91 Å². The topological polar surface area (TPSA) is 58.4 Å². The maximum Gasteiger partial charge on any atom is 0.238 e. The molecule has 0 saturated heterocycles. The molecule has 5 heteroatoms. The van der Waals surface area contributed by atoms with Crippen molar-refractivity contribution in [2.24, 2.45) is 5.73 Å². The summed E-state index contributed by atoms with van der Waals surface area (Å²) >= 11 is 6.00. The Morgan fingerprint density at radius 3 is 2.74 bits per heavy atom. The maximum atomic E-state index is 11.9. The number of fused-ring (bicyclic) bond motifs is 1. The lowest BCUT2D eigenvalue weighted by Crippen LogP contribution is -2.57. The average Bonchev–Trinajstić information content (AvgIpc) is 2.67. The van der Waals surface area contributed by atoms with E-state index in [1.807, 2.05) is 32.3 Å². The van der Waals surface area contributed by atoms with Gasteiger partial charge in [0, 0.05) is 31.0 Å². The molecule has 1 aromatic rings. The lowest BCUT2D eigenvalue weighted by Gasteiger charge is -2.27. The number of nitrogens with zero attached hydrogens (tertiary/aromatic N) is 1. The van der Waals surface area contributed by atoms with Crippen molar-refractivity contribution < 1.29 is 4.79 Å². The van der Waals surface area contributed by atoms with Gasteiger partial charge >= 0.3 is 0 Å². The highest BCUT2D eigenvalue weighted by atomic mass is 35.5. The molecule has 0 aliphatic heterocycles. The highest BCUT2D eigenvalue weighted by molar-refractivity contribution is 6.30. The van der Waals surface area contributed by atoms with E-state index in [0.717, 1.165) is 24.2 Å². The van der Waals surface area contributed by atoms with Crippen LogP contribution in [-0.2, 0) is 17.6 Å². The van der Waals surface area contributed by atoms with E-state index in [2.05, 4.69) is 10.2 Å². The molecule has 4 nitrogen and oxygen atoms in total. The molecule has 104 valence electrons. The fourth-order valence-corrected chi connectivity index (χ4v) is 2.74. The predicted molar refractivity (Wildman–Crippen MR) is 77.3 cm³/mol. The third-order valence-corrected chi connectivity index (χ3v) is 3.88. The number of carbonyl (C=O) groups is 1. The van der Waals surface area contributed by atoms with Crippen LogP contribution in [0.4, 0.5) is 0 Å². The summed E-state index contributed by atoms with van der Waals surface area (Å²) in [5.74, 6) is -0.293. The summed E-state index contributed by atoms with van der Waals surface area (Å²) in [4.78, 5) is 13.9. The Kier molecular flexibility index (Phi) is 4.13. The number of amides is 1. The van der Waals surface area contributed by atoms with Crippen LogP contribution >= 0.6 is 11.6 Å². The number of nitrogens with one attached hydrogen (secondary N) is 1. The van der Waals surface area contributed by atoms with Gasteiger partial charge in [-0.3, -0.25) is 4.79 Å². The molecule has 19 heavy (non-hydrogen) atoms. The molecule has 0 aromatic heterocycles. The standard InChI is InChI=1S/C14H20ClN3O/c1-18(2)6-5-17-14(13(16)19)8-10-3-4-12(15)7-11(10)9-14/h3-4,7,17H,5-6,8-9H2,1-2H3,(H2,16,19). The van der Waals surface area contributed by atoms with Crippen molar-refractivity contribution in [3.63, 3.8) is 0 Å². The first-order valence-electron chi connectivity index (χ1n) is 6.40. The van der Waals surface area contributed by atoms with Gasteiger partial charge < -0.3 is 16.0 Å². The number of halogens is 1. The molecule has 1 amide bonds. The minimum atomic E-state index is -0.664. The molecule has 0 heterocycles. The number of rotatable bonds is 5. The number of hydrogen-bond donors (Lipinski definition) is 2. The Labute approximate surface area is 118 Å². The summed E-state index contributed by atoms with van der Waals surface area (Å²) in [7, 11) is 4.00. The summed E-state index contributed by atoms with van der Waals surface area (Å²) in [6, 6.07) is 5.77. The Hall–Kier alpha value is -1.10. The van der Waals surface area contributed by atoms with Crippen LogP contribution in [0.1, 0.15) is 11.1 Å². The van der Waals surface area contributed by atoms with Gasteiger partial charge in [-0.1, -0.05) is 17.7 Å². The van der Waals surface area contributed by atoms with E-state index in [9.17, 15) is 4.79 Å². The summed E-state index contributed by atoms with van der Waals surface area (Å²) in [5.41, 5.74) is 7.22. The molecule has 0 fully saturated rings. The van der Waals surface area contributed by atoms with Crippen molar-refractivity contribution in [1.29, 1.82) is 0 Å². The normalized spacial score (nSPS) is 21.7. The van der Waals surface area contributed by atoms with Crippen LogP contribution in [-0.4, -0.2) is 43.5 Å². The van der Waals surface area contributed by atoms with Gasteiger partial charge in [-0.25, -0.2) is 0 Å². The summed E-state index contributed by atoms with van der Waals surface area (Å²) < 4.78 is 0. The molecule has 1 aliphatic rings. The first kappa shape index (κ1) is 14.3. The van der Waals surface area contributed by atoms with Gasteiger partial charge in [0.05, 0.1) is 0 Å². The van der Waals surface area contributed by atoms with Crippen molar-refractivity contribution in [1.82, 2.24) is 10.2 Å². The van der Waals surface area contributed by atoms with Crippen LogP contribution in [0.3, 0.4) is 0 Å². The molecule has 0 spiro atoms. The van der Waals surface area contributed by atoms with E-state index in [1.54, 1.807) is 0 Å². The van der Waals surface area contributed by atoms with Gasteiger partial charge in [-0.2, -0.15) is 0 Å². The molecule has 1 atom stereocenters. The minimum absolute atomic E-state index is 0.293. The minimum Gasteiger partial charge on any atom is -0.368 e. The monoisotopic (exact) mass is 281 g/mol. The number of hydrogen-bond acceptors (Lipinski definition) is 3. The highest BCUT2D eigenvalue weighted by Crippen LogP contribution is 2.31. The predicted octanol–water partition coefficient (Wildman–Crippen LogP) is 0.814. The lowest BCUT2D eigenvalue weighted by atomic mass is 9.95. The van der Waals surface area contributed by atoms with E-state index >= 15 is 0 Å². The zero-order valence-corrected chi connectivity index (χ0v) is 12.1. The van der Waals surface area contributed by atoms with E-state index in [4.69, 9.17) is 17.3 Å². The molecule has 0 radical (unpaired) electrons. The van der Waals surface area contributed by atoms with Crippen molar-refractivity contribution in [2.45, 2.75) is 18.4 Å². The second-order valence-corrected chi connectivity index (χ2v) is 5.88. The second kappa shape index (κ2) is 5.49. The van der Waals surface area contributed by atoms with Gasteiger partial charge in [0.1, 0.15) is 5.54 Å². The van der Waals surface area contributed by atoms with Crippen LogP contribution in [0.2, 0.25) is 5.02 Å². The Balaban J connectivity index is 2.14. The van der Waals surface area contributed by atoms with Crippen LogP contribution in [0, 0.1) is 0 Å². The van der Waals surface area contributed by atoms with E-state index in [0.29, 0.717) is 17.9 Å². The Morgan fingerprint density at radius 1 is 1.42 bits per heavy atom. The van der Waals surface area contributed by atoms with Gasteiger partial charge in [-0.15, -0.1) is 0 Å². The first-order valence-corrected chi connectivity index (χ1v) is 6.78. The van der Waals surface area contributed by atoms with Crippen LogP contribution in [0.5, 0.6) is 0 Å². The van der Waals surface area contributed by atoms with Gasteiger partial charge in [0.25, 0.3) is 0 Å². The molecule has 0 saturated carbocycles. The summed E-state index contributed by atoms with van der Waals surface area (Å²) in [6.07, 6.45) is 1.26. The number of benzene rings is 1. The SMILES string of the molecule is CN(C)CCNC1(C(N)=O)Cc2ccc(Cl)cc2C1. The van der Waals surface area contributed by atoms with Crippen molar-refractivity contribution in [3.05, 3.63) is 34.3 Å². The molecule has 1 unspecified atom stereocenters. The molecule has 3 N–H and O–H groups in total. The van der Waals surface area contributed by atoms with E-state index in [1.165, 1.54) is 0 Å². The smallest absolute Gasteiger partial charge is 0.238 e. The van der Waals surface area contributed by atoms with Crippen LogP contribution in [0.15, 0.2) is 18.2 Å². The quantitative estimate of drug-likeness (QED) is 0.840. The summed E-state index contributed by atoms with van der Waals surface area (Å²) in [6.45, 7) is 1.60. The third kappa shape index (κ3) is 3.08. The third-order valence-electron chi connectivity index (χ3n) is 3.65.